The molecule has 1 aromatic carbocycles. The molecule has 0 aromatic heterocycles. The van der Waals surface area contributed by atoms with E-state index >= 15 is 0 Å². The van der Waals surface area contributed by atoms with Crippen molar-refractivity contribution >= 4 is 30.5 Å². The molecule has 1 aromatic rings. The maximum absolute atomic E-state index is 3.42. The van der Waals surface area contributed by atoms with Gasteiger partial charge in [-0.2, -0.15) is 0 Å². The summed E-state index contributed by atoms with van der Waals surface area (Å²) in [5.74, 6) is 0. The summed E-state index contributed by atoms with van der Waals surface area (Å²) in [4.78, 5) is 0. The van der Waals surface area contributed by atoms with Crippen LogP contribution in [-0.4, -0.2) is 19.1 Å². The Labute approximate surface area is 90.9 Å². The zero-order valence-electron chi connectivity index (χ0n) is 7.19. The Kier molecular flexibility index (Phi) is 5.88. The van der Waals surface area contributed by atoms with Gasteiger partial charge in [-0.25, -0.2) is 0 Å². The SMILES string of the molecule is Cl.Cl.c1ccc(NC2CNC2)cc1. The van der Waals surface area contributed by atoms with Crippen LogP contribution in [0.3, 0.4) is 0 Å². The first kappa shape index (κ1) is 12.6. The van der Waals surface area contributed by atoms with Gasteiger partial charge in [0.15, 0.2) is 0 Å². The molecule has 2 nitrogen and oxygen atoms in total. The van der Waals surface area contributed by atoms with Crippen LogP contribution in [0.4, 0.5) is 5.69 Å². The van der Waals surface area contributed by atoms with E-state index in [9.17, 15) is 0 Å². The largest absolute Gasteiger partial charge is 0.380 e. The van der Waals surface area contributed by atoms with Crippen molar-refractivity contribution in [3.8, 4) is 0 Å². The van der Waals surface area contributed by atoms with Gasteiger partial charge in [-0.1, -0.05) is 18.2 Å². The fraction of sp³-hybridized carbons (Fsp3) is 0.333. The summed E-state index contributed by atoms with van der Waals surface area (Å²) >= 11 is 0. The summed E-state index contributed by atoms with van der Waals surface area (Å²) in [6.45, 7) is 2.18. The smallest absolute Gasteiger partial charge is 0.0510 e. The van der Waals surface area contributed by atoms with Gasteiger partial charge in [0.2, 0.25) is 0 Å². The highest BCUT2D eigenvalue weighted by Crippen LogP contribution is 2.08. The second-order valence-electron chi connectivity index (χ2n) is 2.87. The quantitative estimate of drug-likeness (QED) is 0.797. The van der Waals surface area contributed by atoms with Gasteiger partial charge in [0.1, 0.15) is 0 Å². The van der Waals surface area contributed by atoms with Crippen LogP contribution in [0.25, 0.3) is 0 Å². The van der Waals surface area contributed by atoms with Crippen LogP contribution in [0.2, 0.25) is 0 Å². The molecule has 1 fully saturated rings. The molecule has 0 radical (unpaired) electrons. The first-order valence-electron chi connectivity index (χ1n) is 3.97. The first-order chi connectivity index (χ1) is 5.45. The highest BCUT2D eigenvalue weighted by atomic mass is 35.5. The average Bonchev–Trinajstić information content (AvgIpc) is 1.99. The minimum absolute atomic E-state index is 0. The topological polar surface area (TPSA) is 24.1 Å². The zero-order chi connectivity index (χ0) is 7.52. The van der Waals surface area contributed by atoms with Gasteiger partial charge in [0.25, 0.3) is 0 Å². The van der Waals surface area contributed by atoms with Gasteiger partial charge in [-0.15, -0.1) is 24.8 Å². The Morgan fingerprint density at radius 1 is 1.08 bits per heavy atom. The average molecular weight is 221 g/mol. The van der Waals surface area contributed by atoms with Crippen molar-refractivity contribution in [2.75, 3.05) is 18.4 Å². The molecule has 2 rings (SSSR count). The molecule has 13 heavy (non-hydrogen) atoms. The third-order valence-corrected chi connectivity index (χ3v) is 1.93. The zero-order valence-corrected chi connectivity index (χ0v) is 8.83. The van der Waals surface area contributed by atoms with Crippen molar-refractivity contribution in [2.45, 2.75) is 6.04 Å². The maximum atomic E-state index is 3.42. The maximum Gasteiger partial charge on any atom is 0.0510 e. The van der Waals surface area contributed by atoms with Crippen molar-refractivity contribution in [1.82, 2.24) is 5.32 Å². The molecule has 1 aliphatic rings. The van der Waals surface area contributed by atoms with Crippen LogP contribution in [0.5, 0.6) is 0 Å². The summed E-state index contributed by atoms with van der Waals surface area (Å²) < 4.78 is 0. The van der Waals surface area contributed by atoms with E-state index in [4.69, 9.17) is 0 Å². The number of hydrogen-bond acceptors (Lipinski definition) is 2. The number of hydrogen-bond donors (Lipinski definition) is 2. The van der Waals surface area contributed by atoms with Crippen molar-refractivity contribution in [3.05, 3.63) is 30.3 Å². The van der Waals surface area contributed by atoms with E-state index in [-0.39, 0.29) is 24.8 Å². The molecular formula is C9H14Cl2N2. The Bertz CT molecular complexity index is 224. The predicted octanol–water partition coefficient (Wildman–Crippen LogP) is 1.91. The molecule has 0 bridgehead atoms. The van der Waals surface area contributed by atoms with Crippen molar-refractivity contribution in [2.24, 2.45) is 0 Å². The number of halogens is 2. The second kappa shape index (κ2) is 6.08. The van der Waals surface area contributed by atoms with Gasteiger partial charge >= 0.3 is 0 Å². The normalized spacial score (nSPS) is 14.8. The van der Waals surface area contributed by atoms with Crippen LogP contribution < -0.4 is 10.6 Å². The lowest BCUT2D eigenvalue weighted by Gasteiger charge is -2.28. The number of rotatable bonds is 2. The van der Waals surface area contributed by atoms with E-state index in [1.165, 1.54) is 5.69 Å². The number of benzene rings is 1. The Morgan fingerprint density at radius 2 is 1.69 bits per heavy atom. The lowest BCUT2D eigenvalue weighted by Crippen LogP contribution is -2.51. The number of anilines is 1. The summed E-state index contributed by atoms with van der Waals surface area (Å²) in [7, 11) is 0. The van der Waals surface area contributed by atoms with Crippen LogP contribution in [0.15, 0.2) is 30.3 Å². The molecule has 1 heterocycles. The molecule has 74 valence electrons. The number of para-hydroxylation sites is 1. The van der Waals surface area contributed by atoms with Crippen molar-refractivity contribution < 1.29 is 0 Å². The monoisotopic (exact) mass is 220 g/mol. The standard InChI is InChI=1S/C9H12N2.2ClH/c1-2-4-8(5-3-1)11-9-6-10-7-9;;/h1-5,9-11H,6-7H2;2*1H. The first-order valence-corrected chi connectivity index (χ1v) is 3.97. The Hall–Kier alpha value is -0.440. The molecular weight excluding hydrogens is 207 g/mol. The van der Waals surface area contributed by atoms with E-state index in [1.807, 2.05) is 6.07 Å². The van der Waals surface area contributed by atoms with Crippen LogP contribution >= 0.6 is 24.8 Å². The van der Waals surface area contributed by atoms with E-state index < -0.39 is 0 Å². The molecule has 0 saturated carbocycles. The Morgan fingerprint density at radius 3 is 2.15 bits per heavy atom. The molecule has 1 saturated heterocycles. The molecule has 0 atom stereocenters. The fourth-order valence-electron chi connectivity index (χ4n) is 1.16. The summed E-state index contributed by atoms with van der Waals surface area (Å²) in [6.07, 6.45) is 0. The van der Waals surface area contributed by atoms with Gasteiger partial charge < -0.3 is 10.6 Å². The molecule has 4 heteroatoms. The summed E-state index contributed by atoms with van der Waals surface area (Å²) in [5, 5.41) is 6.63. The lowest BCUT2D eigenvalue weighted by molar-refractivity contribution is 0.472. The lowest BCUT2D eigenvalue weighted by atomic mass is 10.1. The molecule has 0 amide bonds. The van der Waals surface area contributed by atoms with Crippen molar-refractivity contribution in [3.63, 3.8) is 0 Å². The fourth-order valence-corrected chi connectivity index (χ4v) is 1.16. The summed E-state index contributed by atoms with van der Waals surface area (Å²) in [5.41, 5.74) is 1.22. The van der Waals surface area contributed by atoms with Gasteiger partial charge in [-0.3, -0.25) is 0 Å². The van der Waals surface area contributed by atoms with Gasteiger partial charge in [0, 0.05) is 18.8 Å². The third kappa shape index (κ3) is 3.43. The summed E-state index contributed by atoms with van der Waals surface area (Å²) in [6, 6.07) is 11.0. The van der Waals surface area contributed by atoms with E-state index in [0.29, 0.717) is 6.04 Å². The van der Waals surface area contributed by atoms with E-state index in [2.05, 4.69) is 34.9 Å². The highest BCUT2D eigenvalue weighted by molar-refractivity contribution is 5.85. The molecule has 0 spiro atoms. The van der Waals surface area contributed by atoms with Gasteiger partial charge in [0.05, 0.1) is 6.04 Å². The van der Waals surface area contributed by atoms with Crippen LogP contribution in [-0.2, 0) is 0 Å². The highest BCUT2D eigenvalue weighted by Gasteiger charge is 2.14. The van der Waals surface area contributed by atoms with Crippen molar-refractivity contribution in [1.29, 1.82) is 0 Å². The molecule has 1 aliphatic heterocycles. The minimum atomic E-state index is 0. The number of nitrogens with one attached hydrogen (secondary N) is 2. The third-order valence-electron chi connectivity index (χ3n) is 1.93. The Balaban J connectivity index is 0.000000720. The van der Waals surface area contributed by atoms with Gasteiger partial charge in [-0.05, 0) is 12.1 Å². The van der Waals surface area contributed by atoms with E-state index in [0.717, 1.165) is 13.1 Å². The molecule has 2 N–H and O–H groups in total. The van der Waals surface area contributed by atoms with Crippen LogP contribution in [0, 0.1) is 0 Å². The molecule has 0 unspecified atom stereocenters. The minimum Gasteiger partial charge on any atom is -0.380 e. The van der Waals surface area contributed by atoms with Crippen LogP contribution in [0.1, 0.15) is 0 Å². The molecule has 0 aliphatic carbocycles. The predicted molar refractivity (Wildman–Crippen MR) is 61.2 cm³/mol. The second-order valence-corrected chi connectivity index (χ2v) is 2.87. The van der Waals surface area contributed by atoms with E-state index in [1.54, 1.807) is 0 Å².